The topological polar surface area (TPSA) is 37.3 Å². The Kier molecular flexibility index (Phi) is 3.28. The Morgan fingerprint density at radius 3 is 2.44 bits per heavy atom. The molecule has 0 spiro atoms. The third-order valence-corrected chi connectivity index (χ3v) is 5.80. The first-order chi connectivity index (χ1) is 8.17. The van der Waals surface area contributed by atoms with Crippen molar-refractivity contribution in [2.24, 2.45) is 22.2 Å². The van der Waals surface area contributed by atoms with E-state index in [-0.39, 0.29) is 5.41 Å². The average molecular weight is 252 g/mol. The van der Waals surface area contributed by atoms with Crippen LogP contribution in [-0.4, -0.2) is 11.1 Å². The van der Waals surface area contributed by atoms with Gasteiger partial charge in [-0.2, -0.15) is 0 Å². The molecule has 3 atom stereocenters. The van der Waals surface area contributed by atoms with Gasteiger partial charge in [0.05, 0.1) is 6.42 Å². The van der Waals surface area contributed by atoms with Gasteiger partial charge in [-0.1, -0.05) is 34.1 Å². The number of hydrogen-bond acceptors (Lipinski definition) is 1. The van der Waals surface area contributed by atoms with E-state index in [1.807, 2.05) is 0 Å². The van der Waals surface area contributed by atoms with E-state index in [4.69, 9.17) is 5.11 Å². The van der Waals surface area contributed by atoms with Gasteiger partial charge in [0.25, 0.3) is 0 Å². The summed E-state index contributed by atoms with van der Waals surface area (Å²) in [6.45, 7) is 9.42. The zero-order chi connectivity index (χ0) is 13.6. The zero-order valence-corrected chi connectivity index (χ0v) is 12.4. The standard InChI is InChI=1S/C16H28O2/c1-14(2)7-5-8-16(4)11-15(3,10-13(17)18)9-6-12(14)16/h12H,5-11H2,1-4H3,(H,17,18). The molecule has 0 saturated heterocycles. The van der Waals surface area contributed by atoms with Gasteiger partial charge in [0, 0.05) is 0 Å². The summed E-state index contributed by atoms with van der Waals surface area (Å²) >= 11 is 0. The third kappa shape index (κ3) is 2.44. The second kappa shape index (κ2) is 4.25. The summed E-state index contributed by atoms with van der Waals surface area (Å²) in [4.78, 5) is 11.1. The van der Waals surface area contributed by atoms with Crippen LogP contribution >= 0.6 is 0 Å². The Morgan fingerprint density at radius 2 is 1.83 bits per heavy atom. The second-order valence-electron chi connectivity index (χ2n) is 8.15. The minimum absolute atomic E-state index is 0.0184. The molecule has 0 amide bonds. The maximum Gasteiger partial charge on any atom is 0.303 e. The van der Waals surface area contributed by atoms with Crippen molar-refractivity contribution in [2.75, 3.05) is 0 Å². The minimum atomic E-state index is -0.630. The fraction of sp³-hybridized carbons (Fsp3) is 0.938. The van der Waals surface area contributed by atoms with E-state index < -0.39 is 5.97 Å². The largest absolute Gasteiger partial charge is 0.481 e. The number of carboxylic acid groups (broad SMARTS) is 1. The molecule has 0 aromatic carbocycles. The van der Waals surface area contributed by atoms with Crippen LogP contribution in [0.3, 0.4) is 0 Å². The fourth-order valence-electron chi connectivity index (χ4n) is 5.26. The number of hydrogen-bond donors (Lipinski definition) is 1. The van der Waals surface area contributed by atoms with Gasteiger partial charge in [-0.3, -0.25) is 4.79 Å². The molecule has 2 aliphatic carbocycles. The molecular weight excluding hydrogens is 224 g/mol. The summed E-state index contributed by atoms with van der Waals surface area (Å²) < 4.78 is 0. The zero-order valence-electron chi connectivity index (χ0n) is 12.4. The van der Waals surface area contributed by atoms with E-state index in [2.05, 4.69) is 27.7 Å². The van der Waals surface area contributed by atoms with Crippen molar-refractivity contribution in [1.29, 1.82) is 0 Å². The molecule has 0 aromatic heterocycles. The molecular formula is C16H28O2. The monoisotopic (exact) mass is 252 g/mol. The van der Waals surface area contributed by atoms with Crippen molar-refractivity contribution in [3.63, 3.8) is 0 Å². The number of rotatable bonds is 2. The molecule has 3 unspecified atom stereocenters. The predicted molar refractivity (Wildman–Crippen MR) is 73.4 cm³/mol. The Morgan fingerprint density at radius 1 is 1.17 bits per heavy atom. The van der Waals surface area contributed by atoms with Crippen molar-refractivity contribution < 1.29 is 9.90 Å². The van der Waals surface area contributed by atoms with Crippen LogP contribution in [0.5, 0.6) is 0 Å². The van der Waals surface area contributed by atoms with Crippen LogP contribution in [0.4, 0.5) is 0 Å². The Hall–Kier alpha value is -0.530. The highest BCUT2D eigenvalue weighted by Gasteiger charge is 2.52. The maximum absolute atomic E-state index is 11.1. The molecule has 2 rings (SSSR count). The summed E-state index contributed by atoms with van der Waals surface area (Å²) in [6, 6.07) is 0. The molecule has 2 saturated carbocycles. The lowest BCUT2D eigenvalue weighted by Crippen LogP contribution is -2.48. The van der Waals surface area contributed by atoms with Crippen LogP contribution in [0.15, 0.2) is 0 Å². The Bertz CT molecular complexity index is 347. The molecule has 0 radical (unpaired) electrons. The van der Waals surface area contributed by atoms with Crippen molar-refractivity contribution >= 4 is 5.97 Å². The number of carboxylic acids is 1. The SMILES string of the molecule is CC1(CC(=O)O)CCC2C(C)(C)CCCC2(C)C1. The second-order valence-corrected chi connectivity index (χ2v) is 8.15. The van der Waals surface area contributed by atoms with Crippen LogP contribution in [0.2, 0.25) is 0 Å². The molecule has 2 nitrogen and oxygen atoms in total. The van der Waals surface area contributed by atoms with Crippen LogP contribution in [-0.2, 0) is 4.79 Å². The lowest BCUT2D eigenvalue weighted by Gasteiger charge is -2.58. The van der Waals surface area contributed by atoms with Crippen molar-refractivity contribution in [2.45, 2.75) is 72.6 Å². The van der Waals surface area contributed by atoms with Gasteiger partial charge in [0.15, 0.2) is 0 Å². The molecule has 2 heteroatoms. The van der Waals surface area contributed by atoms with Crippen molar-refractivity contribution in [3.05, 3.63) is 0 Å². The van der Waals surface area contributed by atoms with E-state index >= 15 is 0 Å². The van der Waals surface area contributed by atoms with Gasteiger partial charge in [0.2, 0.25) is 0 Å². The smallest absolute Gasteiger partial charge is 0.303 e. The van der Waals surface area contributed by atoms with Gasteiger partial charge in [0.1, 0.15) is 0 Å². The molecule has 104 valence electrons. The van der Waals surface area contributed by atoms with Gasteiger partial charge >= 0.3 is 5.97 Å². The van der Waals surface area contributed by atoms with Crippen molar-refractivity contribution in [3.8, 4) is 0 Å². The molecule has 2 aliphatic rings. The summed E-state index contributed by atoms with van der Waals surface area (Å²) in [5.41, 5.74) is 0.826. The lowest BCUT2D eigenvalue weighted by atomic mass is 9.47. The highest BCUT2D eigenvalue weighted by Crippen LogP contribution is 2.61. The highest BCUT2D eigenvalue weighted by molar-refractivity contribution is 5.67. The molecule has 1 N–H and O–H groups in total. The predicted octanol–water partition coefficient (Wildman–Crippen LogP) is 4.48. The van der Waals surface area contributed by atoms with Crippen LogP contribution < -0.4 is 0 Å². The van der Waals surface area contributed by atoms with E-state index in [1.54, 1.807) is 0 Å². The lowest BCUT2D eigenvalue weighted by molar-refractivity contribution is -0.143. The Labute approximate surface area is 111 Å². The van der Waals surface area contributed by atoms with E-state index in [1.165, 1.54) is 25.7 Å². The highest BCUT2D eigenvalue weighted by atomic mass is 16.4. The van der Waals surface area contributed by atoms with Crippen LogP contribution in [0.25, 0.3) is 0 Å². The number of fused-ring (bicyclic) bond motifs is 1. The first kappa shape index (κ1) is 13.9. The van der Waals surface area contributed by atoms with Gasteiger partial charge in [-0.25, -0.2) is 0 Å². The van der Waals surface area contributed by atoms with E-state index in [0.29, 0.717) is 17.3 Å². The first-order valence-corrected chi connectivity index (χ1v) is 7.39. The summed E-state index contributed by atoms with van der Waals surface area (Å²) in [7, 11) is 0. The van der Waals surface area contributed by atoms with Gasteiger partial charge < -0.3 is 5.11 Å². The normalized spacial score (nSPS) is 43.2. The number of aliphatic carboxylic acids is 1. The van der Waals surface area contributed by atoms with Crippen molar-refractivity contribution in [1.82, 2.24) is 0 Å². The molecule has 0 aromatic rings. The molecule has 2 fully saturated rings. The average Bonchev–Trinajstić information content (AvgIpc) is 2.12. The third-order valence-electron chi connectivity index (χ3n) is 5.80. The summed E-state index contributed by atoms with van der Waals surface area (Å²) in [5, 5.41) is 9.11. The summed E-state index contributed by atoms with van der Waals surface area (Å²) in [5.74, 6) is 0.148. The minimum Gasteiger partial charge on any atom is -0.481 e. The van der Waals surface area contributed by atoms with Crippen LogP contribution in [0, 0.1) is 22.2 Å². The van der Waals surface area contributed by atoms with Crippen LogP contribution in [0.1, 0.15) is 72.6 Å². The van der Waals surface area contributed by atoms with Gasteiger partial charge in [-0.05, 0) is 54.3 Å². The maximum atomic E-state index is 11.1. The van der Waals surface area contributed by atoms with Gasteiger partial charge in [-0.15, -0.1) is 0 Å². The quantitative estimate of drug-likeness (QED) is 0.786. The first-order valence-electron chi connectivity index (χ1n) is 7.39. The molecule has 0 heterocycles. The fourth-order valence-corrected chi connectivity index (χ4v) is 5.26. The molecule has 18 heavy (non-hydrogen) atoms. The molecule has 0 bridgehead atoms. The van der Waals surface area contributed by atoms with E-state index in [9.17, 15) is 4.79 Å². The summed E-state index contributed by atoms with van der Waals surface area (Å²) in [6.07, 6.45) is 7.68. The Balaban J connectivity index is 2.19. The molecule has 0 aliphatic heterocycles. The van der Waals surface area contributed by atoms with E-state index in [0.717, 1.165) is 18.8 Å². The number of carbonyl (C=O) groups is 1.